The van der Waals surface area contributed by atoms with Crippen LogP contribution in [0, 0.1) is 5.92 Å². The van der Waals surface area contributed by atoms with Crippen LogP contribution in [0.1, 0.15) is 19.4 Å². The summed E-state index contributed by atoms with van der Waals surface area (Å²) in [5.74, 6) is -0.634. The fourth-order valence-electron chi connectivity index (χ4n) is 1.51. The Morgan fingerprint density at radius 3 is 2.21 bits per heavy atom. The first-order chi connectivity index (χ1) is 8.55. The van der Waals surface area contributed by atoms with Gasteiger partial charge < -0.3 is 5.73 Å². The molecule has 0 aliphatic carbocycles. The zero-order chi connectivity index (χ0) is 14.8. The van der Waals surface area contributed by atoms with Gasteiger partial charge in [0, 0.05) is 6.04 Å². The summed E-state index contributed by atoms with van der Waals surface area (Å²) in [6.07, 6.45) is -4.70. The third-order valence-electron chi connectivity index (χ3n) is 2.80. The molecule has 0 bridgehead atoms. The highest BCUT2D eigenvalue weighted by Crippen LogP contribution is 2.34. The summed E-state index contributed by atoms with van der Waals surface area (Å²) >= 11 is 0. The van der Waals surface area contributed by atoms with Crippen molar-refractivity contribution in [3.05, 3.63) is 29.8 Å². The van der Waals surface area contributed by atoms with E-state index >= 15 is 0 Å². The van der Waals surface area contributed by atoms with E-state index in [1.807, 2.05) is 0 Å². The molecule has 1 aromatic rings. The van der Waals surface area contributed by atoms with Crippen LogP contribution in [0.25, 0.3) is 0 Å². The molecule has 0 spiro atoms. The second-order valence-corrected chi connectivity index (χ2v) is 6.69. The first kappa shape index (κ1) is 16.0. The van der Waals surface area contributed by atoms with Crippen LogP contribution >= 0.6 is 0 Å². The van der Waals surface area contributed by atoms with Gasteiger partial charge in [-0.2, -0.15) is 13.2 Å². The van der Waals surface area contributed by atoms with Gasteiger partial charge >= 0.3 is 6.18 Å². The summed E-state index contributed by atoms with van der Waals surface area (Å²) in [6.45, 7) is 3.44. The second kappa shape index (κ2) is 5.50. The molecule has 0 saturated heterocycles. The number of benzene rings is 1. The lowest BCUT2D eigenvalue weighted by Gasteiger charge is -2.18. The smallest absolute Gasteiger partial charge is 0.327 e. The van der Waals surface area contributed by atoms with Crippen molar-refractivity contribution in [2.45, 2.75) is 31.0 Å². The minimum atomic E-state index is -4.70. The van der Waals surface area contributed by atoms with Gasteiger partial charge in [-0.05, 0) is 18.1 Å². The van der Waals surface area contributed by atoms with Gasteiger partial charge in [-0.3, -0.25) is 0 Å². The number of rotatable bonds is 4. The molecule has 0 saturated carbocycles. The maximum atomic E-state index is 12.8. The largest absolute Gasteiger partial charge is 0.417 e. The lowest BCUT2D eigenvalue weighted by atomic mass is 10.1. The molecular formula is C12H16F3NO2S. The molecule has 7 heteroatoms. The van der Waals surface area contributed by atoms with Gasteiger partial charge in [0.05, 0.1) is 16.2 Å². The van der Waals surface area contributed by atoms with Gasteiger partial charge in [0.1, 0.15) is 0 Å². The summed E-state index contributed by atoms with van der Waals surface area (Å²) in [4.78, 5) is -0.710. The Morgan fingerprint density at radius 1 is 1.21 bits per heavy atom. The van der Waals surface area contributed by atoms with Crippen molar-refractivity contribution in [2.24, 2.45) is 11.7 Å². The van der Waals surface area contributed by atoms with Crippen LogP contribution in [-0.4, -0.2) is 20.2 Å². The number of alkyl halides is 3. The summed E-state index contributed by atoms with van der Waals surface area (Å²) in [6, 6.07) is 3.44. The minimum Gasteiger partial charge on any atom is -0.327 e. The third kappa shape index (κ3) is 3.94. The molecule has 0 fully saturated rings. The summed E-state index contributed by atoms with van der Waals surface area (Å²) in [5, 5.41) is 0. The highest BCUT2D eigenvalue weighted by atomic mass is 32.2. The molecule has 108 valence electrons. The molecular weight excluding hydrogens is 279 g/mol. The maximum Gasteiger partial charge on any atom is 0.417 e. The Bertz CT molecular complexity index is 538. The number of hydrogen-bond donors (Lipinski definition) is 1. The van der Waals surface area contributed by atoms with Crippen molar-refractivity contribution < 1.29 is 21.6 Å². The first-order valence-corrected chi connectivity index (χ1v) is 7.35. The molecule has 0 amide bonds. The number of nitrogens with two attached hydrogens (primary N) is 1. The molecule has 1 rings (SSSR count). The Morgan fingerprint density at radius 2 is 1.74 bits per heavy atom. The molecule has 2 N–H and O–H groups in total. The molecule has 0 aliphatic rings. The van der Waals surface area contributed by atoms with Crippen molar-refractivity contribution in [2.75, 3.05) is 5.75 Å². The van der Waals surface area contributed by atoms with E-state index in [0.29, 0.717) is 0 Å². The summed E-state index contributed by atoms with van der Waals surface area (Å²) in [5.41, 5.74) is 4.49. The maximum absolute atomic E-state index is 12.8. The summed E-state index contributed by atoms with van der Waals surface area (Å²) < 4.78 is 62.4. The highest BCUT2D eigenvalue weighted by Gasteiger charge is 2.37. The van der Waals surface area contributed by atoms with Crippen LogP contribution in [0.5, 0.6) is 0 Å². The van der Waals surface area contributed by atoms with Crippen LogP contribution in [0.2, 0.25) is 0 Å². The Labute approximate surface area is 110 Å². The lowest BCUT2D eigenvalue weighted by Crippen LogP contribution is -2.35. The standard InChI is InChI=1S/C12H16F3NO2S/c1-8(2)10(16)7-19(17,18)11-6-4-3-5-9(11)12(13,14)15/h3-6,8,10H,7,16H2,1-2H3. The lowest BCUT2D eigenvalue weighted by molar-refractivity contribution is -0.139. The molecule has 0 heterocycles. The van der Waals surface area contributed by atoms with E-state index in [4.69, 9.17) is 5.73 Å². The van der Waals surface area contributed by atoms with Crippen molar-refractivity contribution >= 4 is 9.84 Å². The number of halogens is 3. The molecule has 0 aromatic heterocycles. The monoisotopic (exact) mass is 295 g/mol. The quantitative estimate of drug-likeness (QED) is 0.928. The van der Waals surface area contributed by atoms with Gasteiger partial charge in [-0.25, -0.2) is 8.42 Å². The van der Waals surface area contributed by atoms with Gasteiger partial charge in [0.15, 0.2) is 9.84 Å². The van der Waals surface area contributed by atoms with Crippen LogP contribution < -0.4 is 5.73 Å². The predicted molar refractivity (Wildman–Crippen MR) is 66.3 cm³/mol. The molecule has 0 radical (unpaired) electrons. The Hall–Kier alpha value is -1.08. The van der Waals surface area contributed by atoms with Crippen LogP contribution in [-0.2, 0) is 16.0 Å². The van der Waals surface area contributed by atoms with Crippen LogP contribution in [0.3, 0.4) is 0 Å². The second-order valence-electron chi connectivity index (χ2n) is 4.68. The van der Waals surface area contributed by atoms with Crippen molar-refractivity contribution in [3.63, 3.8) is 0 Å². The van der Waals surface area contributed by atoms with Gasteiger partial charge in [-0.1, -0.05) is 26.0 Å². The molecule has 1 unspecified atom stereocenters. The van der Waals surface area contributed by atoms with E-state index in [9.17, 15) is 21.6 Å². The van der Waals surface area contributed by atoms with E-state index in [2.05, 4.69) is 0 Å². The number of sulfone groups is 1. The average Bonchev–Trinajstić information content (AvgIpc) is 2.27. The zero-order valence-corrected chi connectivity index (χ0v) is 11.4. The fourth-order valence-corrected chi connectivity index (χ4v) is 3.38. The van der Waals surface area contributed by atoms with Crippen molar-refractivity contribution in [1.82, 2.24) is 0 Å². The number of hydrogen-bond acceptors (Lipinski definition) is 3. The SMILES string of the molecule is CC(C)C(N)CS(=O)(=O)c1ccccc1C(F)(F)F. The molecule has 1 atom stereocenters. The minimum absolute atomic E-state index is 0.132. The van der Waals surface area contributed by atoms with Gasteiger partial charge in [-0.15, -0.1) is 0 Å². The topological polar surface area (TPSA) is 60.2 Å². The fraction of sp³-hybridized carbons (Fsp3) is 0.500. The van der Waals surface area contributed by atoms with Crippen LogP contribution in [0.15, 0.2) is 29.2 Å². The van der Waals surface area contributed by atoms with Crippen LogP contribution in [0.4, 0.5) is 13.2 Å². The van der Waals surface area contributed by atoms with Gasteiger partial charge in [0.2, 0.25) is 0 Å². The van der Waals surface area contributed by atoms with E-state index in [-0.39, 0.29) is 5.92 Å². The van der Waals surface area contributed by atoms with E-state index in [0.717, 1.165) is 18.2 Å². The van der Waals surface area contributed by atoms with E-state index < -0.39 is 38.3 Å². The van der Waals surface area contributed by atoms with E-state index in [1.54, 1.807) is 13.8 Å². The predicted octanol–water partition coefficient (Wildman–Crippen LogP) is 2.46. The van der Waals surface area contributed by atoms with Crippen molar-refractivity contribution in [1.29, 1.82) is 0 Å². The Kier molecular flexibility index (Phi) is 4.63. The normalized spacial score (nSPS) is 14.7. The van der Waals surface area contributed by atoms with E-state index in [1.165, 1.54) is 6.07 Å². The first-order valence-electron chi connectivity index (χ1n) is 5.70. The third-order valence-corrected chi connectivity index (χ3v) is 4.65. The summed E-state index contributed by atoms with van der Waals surface area (Å²) in [7, 11) is -4.06. The van der Waals surface area contributed by atoms with Crippen molar-refractivity contribution in [3.8, 4) is 0 Å². The molecule has 3 nitrogen and oxygen atoms in total. The molecule has 1 aromatic carbocycles. The highest BCUT2D eigenvalue weighted by molar-refractivity contribution is 7.91. The molecule has 19 heavy (non-hydrogen) atoms. The Balaban J connectivity index is 3.23. The average molecular weight is 295 g/mol. The molecule has 0 aliphatic heterocycles. The zero-order valence-electron chi connectivity index (χ0n) is 10.6. The van der Waals surface area contributed by atoms with Gasteiger partial charge in [0.25, 0.3) is 0 Å².